The largest absolute Gasteiger partial charge is 0.347 e. The van der Waals surface area contributed by atoms with Crippen molar-refractivity contribution in [2.75, 3.05) is 13.6 Å². The average Bonchev–Trinajstić information content (AvgIpc) is 3.00. The number of hydrogen-bond acceptors (Lipinski definition) is 4. The fourth-order valence-corrected chi connectivity index (χ4v) is 2.95. The summed E-state index contributed by atoms with van der Waals surface area (Å²) >= 11 is 0. The molecule has 0 aliphatic rings. The van der Waals surface area contributed by atoms with Gasteiger partial charge in [-0.05, 0) is 44.1 Å². The van der Waals surface area contributed by atoms with Gasteiger partial charge in [0, 0.05) is 11.9 Å². The van der Waals surface area contributed by atoms with Gasteiger partial charge in [0.1, 0.15) is 0 Å². The van der Waals surface area contributed by atoms with Crippen LogP contribution in [0, 0.1) is 0 Å². The van der Waals surface area contributed by atoms with Crippen LogP contribution >= 0.6 is 0 Å². The minimum atomic E-state index is -3.49. The smallest absolute Gasteiger partial charge is 0.240 e. The molecule has 114 valence electrons. The summed E-state index contributed by atoms with van der Waals surface area (Å²) < 4.78 is 26.8. The number of aromatic nitrogens is 2. The summed E-state index contributed by atoms with van der Waals surface area (Å²) in [5, 5.41) is 3.09. The van der Waals surface area contributed by atoms with E-state index in [0.29, 0.717) is 0 Å². The van der Waals surface area contributed by atoms with Crippen molar-refractivity contribution in [2.24, 2.45) is 0 Å². The lowest BCUT2D eigenvalue weighted by molar-refractivity contribution is 0.580. The van der Waals surface area contributed by atoms with Crippen molar-refractivity contribution < 1.29 is 8.42 Å². The van der Waals surface area contributed by atoms with Gasteiger partial charge in [-0.2, -0.15) is 0 Å². The molecule has 0 aliphatic carbocycles. The van der Waals surface area contributed by atoms with Gasteiger partial charge >= 0.3 is 0 Å². The Morgan fingerprint density at radius 1 is 1.24 bits per heavy atom. The van der Waals surface area contributed by atoms with E-state index in [1.165, 1.54) is 6.33 Å². The number of H-pyrrole nitrogens is 1. The molecule has 0 fully saturated rings. The average molecular weight is 308 g/mol. The van der Waals surface area contributed by atoms with Crippen LogP contribution < -0.4 is 10.0 Å². The molecule has 0 saturated carbocycles. The van der Waals surface area contributed by atoms with Gasteiger partial charge in [-0.25, -0.2) is 18.1 Å². The standard InChI is InChI=1S/C14H20N4O2S/c1-15-8-2-3-12-4-6-14(7-5-12)21(19,20)18-10-13-9-16-11-17-13/h4-7,9,11,15,18H,2-3,8,10H2,1H3,(H,16,17). The number of nitrogens with one attached hydrogen (secondary N) is 3. The van der Waals surface area contributed by atoms with E-state index < -0.39 is 10.0 Å². The van der Waals surface area contributed by atoms with E-state index in [2.05, 4.69) is 20.0 Å². The van der Waals surface area contributed by atoms with Crippen LogP contribution in [0.3, 0.4) is 0 Å². The molecule has 1 aromatic heterocycles. The summed E-state index contributed by atoms with van der Waals surface area (Å²) in [7, 11) is -1.57. The monoisotopic (exact) mass is 308 g/mol. The predicted molar refractivity (Wildman–Crippen MR) is 81.3 cm³/mol. The highest BCUT2D eigenvalue weighted by Gasteiger charge is 2.13. The molecule has 1 aromatic carbocycles. The Morgan fingerprint density at radius 3 is 2.62 bits per heavy atom. The van der Waals surface area contributed by atoms with Crippen LogP contribution in [0.5, 0.6) is 0 Å². The SMILES string of the molecule is CNCCCc1ccc(S(=O)(=O)NCc2cnc[nH]2)cc1. The molecular formula is C14H20N4O2S. The first-order valence-corrected chi connectivity index (χ1v) is 8.30. The second-order valence-corrected chi connectivity index (χ2v) is 6.52. The van der Waals surface area contributed by atoms with Crippen LogP contribution in [-0.4, -0.2) is 32.0 Å². The Morgan fingerprint density at radius 2 is 2.00 bits per heavy atom. The normalized spacial score (nSPS) is 11.7. The summed E-state index contributed by atoms with van der Waals surface area (Å²) in [5.74, 6) is 0. The Hall–Kier alpha value is -1.70. The fourth-order valence-electron chi connectivity index (χ4n) is 1.94. The quantitative estimate of drug-likeness (QED) is 0.636. The van der Waals surface area contributed by atoms with E-state index in [0.717, 1.165) is 30.6 Å². The molecule has 6 nitrogen and oxygen atoms in total. The zero-order chi connectivity index (χ0) is 15.1. The van der Waals surface area contributed by atoms with Crippen LogP contribution in [0.4, 0.5) is 0 Å². The predicted octanol–water partition coefficient (Wildman–Crippen LogP) is 1.04. The van der Waals surface area contributed by atoms with Crippen molar-refractivity contribution in [2.45, 2.75) is 24.3 Å². The highest BCUT2D eigenvalue weighted by Crippen LogP contribution is 2.12. The molecule has 0 amide bonds. The van der Waals surface area contributed by atoms with Gasteiger partial charge < -0.3 is 10.3 Å². The minimum absolute atomic E-state index is 0.201. The van der Waals surface area contributed by atoms with E-state index in [-0.39, 0.29) is 11.4 Å². The summed E-state index contributed by atoms with van der Waals surface area (Å²) in [5.41, 5.74) is 1.86. The van der Waals surface area contributed by atoms with E-state index in [1.54, 1.807) is 18.3 Å². The fraction of sp³-hybridized carbons (Fsp3) is 0.357. The maximum Gasteiger partial charge on any atom is 0.240 e. The van der Waals surface area contributed by atoms with E-state index in [9.17, 15) is 8.42 Å². The molecule has 2 aromatic rings. The Balaban J connectivity index is 1.96. The third-order valence-electron chi connectivity index (χ3n) is 3.13. The molecule has 0 atom stereocenters. The molecule has 2 rings (SSSR count). The first-order valence-electron chi connectivity index (χ1n) is 6.82. The first-order chi connectivity index (χ1) is 10.1. The maximum absolute atomic E-state index is 12.1. The van der Waals surface area contributed by atoms with Crippen LogP contribution in [-0.2, 0) is 23.0 Å². The van der Waals surface area contributed by atoms with Crippen LogP contribution in [0.25, 0.3) is 0 Å². The maximum atomic E-state index is 12.1. The van der Waals surface area contributed by atoms with Crippen molar-refractivity contribution in [1.82, 2.24) is 20.0 Å². The first kappa shape index (κ1) is 15.7. The lowest BCUT2D eigenvalue weighted by Crippen LogP contribution is -2.23. The molecule has 0 radical (unpaired) electrons. The van der Waals surface area contributed by atoms with Gasteiger partial charge in [-0.15, -0.1) is 0 Å². The summed E-state index contributed by atoms with van der Waals surface area (Å²) in [4.78, 5) is 6.98. The van der Waals surface area contributed by atoms with E-state index in [1.807, 2.05) is 19.2 Å². The van der Waals surface area contributed by atoms with Crippen LogP contribution in [0.2, 0.25) is 0 Å². The lowest BCUT2D eigenvalue weighted by atomic mass is 10.1. The highest BCUT2D eigenvalue weighted by molar-refractivity contribution is 7.89. The number of aromatic amines is 1. The number of aryl methyl sites for hydroxylation is 1. The van der Waals surface area contributed by atoms with Crippen molar-refractivity contribution in [1.29, 1.82) is 0 Å². The zero-order valence-corrected chi connectivity index (χ0v) is 12.8. The Labute approximate surface area is 125 Å². The van der Waals surface area contributed by atoms with Gasteiger partial charge in [0.2, 0.25) is 10.0 Å². The Kier molecular flexibility index (Phi) is 5.49. The number of nitrogens with zero attached hydrogens (tertiary/aromatic N) is 1. The Bertz CT molecular complexity index is 636. The van der Waals surface area contributed by atoms with Gasteiger partial charge in [0.25, 0.3) is 0 Å². The third kappa shape index (κ3) is 4.66. The number of sulfonamides is 1. The molecule has 7 heteroatoms. The topological polar surface area (TPSA) is 86.9 Å². The summed E-state index contributed by atoms with van der Waals surface area (Å²) in [6.45, 7) is 1.15. The summed E-state index contributed by atoms with van der Waals surface area (Å²) in [6.07, 6.45) is 5.07. The van der Waals surface area contributed by atoms with Crippen LogP contribution in [0.1, 0.15) is 17.7 Å². The second-order valence-electron chi connectivity index (χ2n) is 4.75. The van der Waals surface area contributed by atoms with Crippen molar-refractivity contribution in [3.63, 3.8) is 0 Å². The molecule has 0 unspecified atom stereocenters. The third-order valence-corrected chi connectivity index (χ3v) is 4.55. The molecule has 0 spiro atoms. The zero-order valence-electron chi connectivity index (χ0n) is 12.0. The van der Waals surface area contributed by atoms with Gasteiger partial charge in [-0.3, -0.25) is 0 Å². The highest BCUT2D eigenvalue weighted by atomic mass is 32.2. The molecule has 0 saturated heterocycles. The van der Waals surface area contributed by atoms with Crippen LogP contribution in [0.15, 0.2) is 41.7 Å². The number of hydrogen-bond donors (Lipinski definition) is 3. The molecular weight excluding hydrogens is 288 g/mol. The summed E-state index contributed by atoms with van der Waals surface area (Å²) in [6, 6.07) is 7.01. The number of benzene rings is 1. The molecule has 0 aliphatic heterocycles. The van der Waals surface area contributed by atoms with E-state index in [4.69, 9.17) is 0 Å². The molecule has 1 heterocycles. The lowest BCUT2D eigenvalue weighted by Gasteiger charge is -2.07. The van der Waals surface area contributed by atoms with Gasteiger partial charge in [-0.1, -0.05) is 12.1 Å². The second kappa shape index (κ2) is 7.35. The van der Waals surface area contributed by atoms with Crippen molar-refractivity contribution in [3.05, 3.63) is 48.0 Å². The molecule has 3 N–H and O–H groups in total. The molecule has 21 heavy (non-hydrogen) atoms. The molecule has 0 bridgehead atoms. The van der Waals surface area contributed by atoms with Gasteiger partial charge in [0.05, 0.1) is 17.8 Å². The van der Waals surface area contributed by atoms with Crippen molar-refractivity contribution >= 4 is 10.0 Å². The van der Waals surface area contributed by atoms with E-state index >= 15 is 0 Å². The minimum Gasteiger partial charge on any atom is -0.347 e. The van der Waals surface area contributed by atoms with Crippen molar-refractivity contribution in [3.8, 4) is 0 Å². The van der Waals surface area contributed by atoms with Gasteiger partial charge in [0.15, 0.2) is 0 Å². The number of rotatable bonds is 8. The number of imidazole rings is 1.